The summed E-state index contributed by atoms with van der Waals surface area (Å²) in [5, 5.41) is 2.54. The third-order valence-corrected chi connectivity index (χ3v) is 4.40. The number of benzene rings is 3. The molecule has 21 heavy (non-hydrogen) atoms. The van der Waals surface area contributed by atoms with Crippen LogP contribution in [-0.2, 0) is 6.42 Å². The molecule has 0 aliphatic carbocycles. The van der Waals surface area contributed by atoms with Crippen molar-refractivity contribution >= 4 is 26.7 Å². The molecule has 0 saturated carbocycles. The Kier molecular flexibility index (Phi) is 4.09. The van der Waals surface area contributed by atoms with Crippen molar-refractivity contribution in [2.24, 2.45) is 5.73 Å². The van der Waals surface area contributed by atoms with Crippen molar-refractivity contribution in [2.45, 2.75) is 19.4 Å². The molecule has 0 spiro atoms. The molecule has 1 nitrogen and oxygen atoms in total. The first kappa shape index (κ1) is 14.3. The van der Waals surface area contributed by atoms with Gasteiger partial charge in [0.2, 0.25) is 0 Å². The molecule has 3 aromatic rings. The predicted molar refractivity (Wildman–Crippen MR) is 93.5 cm³/mol. The molecular weight excluding hydrogens is 322 g/mol. The molecule has 0 bridgehead atoms. The molecule has 0 amide bonds. The second kappa shape index (κ2) is 6.00. The van der Waals surface area contributed by atoms with E-state index < -0.39 is 0 Å². The Morgan fingerprint density at radius 2 is 1.71 bits per heavy atom. The Bertz CT molecular complexity index is 779. The summed E-state index contributed by atoms with van der Waals surface area (Å²) in [7, 11) is 0. The molecular formula is C19H18BrN. The first-order chi connectivity index (χ1) is 10.1. The number of nitrogens with two attached hydrogens (primary N) is 1. The Labute approximate surface area is 133 Å². The van der Waals surface area contributed by atoms with Crippen molar-refractivity contribution in [3.63, 3.8) is 0 Å². The average molecular weight is 340 g/mol. The van der Waals surface area contributed by atoms with E-state index in [2.05, 4.69) is 83.5 Å². The van der Waals surface area contributed by atoms with Crippen LogP contribution in [0.1, 0.15) is 22.7 Å². The van der Waals surface area contributed by atoms with Crippen LogP contribution in [0.3, 0.4) is 0 Å². The Morgan fingerprint density at radius 3 is 2.52 bits per heavy atom. The number of fused-ring (bicyclic) bond motifs is 1. The van der Waals surface area contributed by atoms with E-state index in [-0.39, 0.29) is 6.04 Å². The summed E-state index contributed by atoms with van der Waals surface area (Å²) in [6.07, 6.45) is 0.849. The zero-order chi connectivity index (χ0) is 14.8. The first-order valence-corrected chi connectivity index (χ1v) is 7.92. The smallest absolute Gasteiger partial charge is 0.0338 e. The second-order valence-corrected chi connectivity index (χ2v) is 6.41. The van der Waals surface area contributed by atoms with Gasteiger partial charge in [-0.25, -0.2) is 0 Å². The van der Waals surface area contributed by atoms with Crippen LogP contribution in [0, 0.1) is 6.92 Å². The zero-order valence-electron chi connectivity index (χ0n) is 12.0. The summed E-state index contributed by atoms with van der Waals surface area (Å²) in [4.78, 5) is 0. The summed E-state index contributed by atoms with van der Waals surface area (Å²) < 4.78 is 1.08. The normalized spacial score (nSPS) is 12.5. The number of aryl methyl sites for hydroxylation is 1. The van der Waals surface area contributed by atoms with Gasteiger partial charge in [-0.05, 0) is 52.9 Å². The first-order valence-electron chi connectivity index (χ1n) is 7.13. The van der Waals surface area contributed by atoms with Crippen LogP contribution in [0.4, 0.5) is 0 Å². The van der Waals surface area contributed by atoms with Gasteiger partial charge in [0, 0.05) is 10.5 Å². The van der Waals surface area contributed by atoms with E-state index >= 15 is 0 Å². The molecule has 1 unspecified atom stereocenters. The van der Waals surface area contributed by atoms with Gasteiger partial charge in [0.1, 0.15) is 0 Å². The lowest BCUT2D eigenvalue weighted by Crippen LogP contribution is -2.14. The highest BCUT2D eigenvalue weighted by Crippen LogP contribution is 2.25. The molecule has 2 N–H and O–H groups in total. The van der Waals surface area contributed by atoms with E-state index in [1.807, 2.05) is 0 Å². The van der Waals surface area contributed by atoms with E-state index in [4.69, 9.17) is 5.73 Å². The van der Waals surface area contributed by atoms with Gasteiger partial charge in [0.15, 0.2) is 0 Å². The Hall–Kier alpha value is -1.64. The largest absolute Gasteiger partial charge is 0.324 e. The third kappa shape index (κ3) is 3.17. The maximum atomic E-state index is 6.42. The lowest BCUT2D eigenvalue weighted by molar-refractivity contribution is 0.717. The molecule has 0 radical (unpaired) electrons. The fourth-order valence-electron chi connectivity index (χ4n) is 2.74. The molecule has 0 aliphatic heterocycles. The summed E-state index contributed by atoms with van der Waals surface area (Å²) in [5.41, 5.74) is 10.1. The van der Waals surface area contributed by atoms with E-state index in [0.29, 0.717) is 0 Å². The maximum Gasteiger partial charge on any atom is 0.0338 e. The second-order valence-electron chi connectivity index (χ2n) is 5.49. The van der Waals surface area contributed by atoms with E-state index in [1.54, 1.807) is 0 Å². The van der Waals surface area contributed by atoms with Crippen LogP contribution < -0.4 is 5.73 Å². The highest BCUT2D eigenvalue weighted by molar-refractivity contribution is 9.10. The van der Waals surface area contributed by atoms with Gasteiger partial charge in [-0.1, -0.05) is 64.5 Å². The predicted octanol–water partition coefficient (Wildman–Crippen LogP) is 5.15. The highest BCUT2D eigenvalue weighted by Gasteiger charge is 2.10. The van der Waals surface area contributed by atoms with E-state index in [1.165, 1.54) is 27.5 Å². The monoisotopic (exact) mass is 339 g/mol. The number of halogens is 1. The van der Waals surface area contributed by atoms with Gasteiger partial charge in [0.05, 0.1) is 0 Å². The van der Waals surface area contributed by atoms with E-state index in [0.717, 1.165) is 10.9 Å². The van der Waals surface area contributed by atoms with Gasteiger partial charge in [-0.2, -0.15) is 0 Å². The van der Waals surface area contributed by atoms with Crippen molar-refractivity contribution in [3.8, 4) is 0 Å². The summed E-state index contributed by atoms with van der Waals surface area (Å²) in [6, 6.07) is 21.3. The Balaban J connectivity index is 1.88. The fraction of sp³-hybridized carbons (Fsp3) is 0.158. The van der Waals surface area contributed by atoms with E-state index in [9.17, 15) is 0 Å². The molecule has 0 aromatic heterocycles. The Morgan fingerprint density at radius 1 is 0.952 bits per heavy atom. The SMILES string of the molecule is Cc1ccc(Br)cc1C(N)Cc1ccc2ccccc2c1. The molecule has 0 saturated heterocycles. The number of rotatable bonds is 3. The summed E-state index contributed by atoms with van der Waals surface area (Å²) in [5.74, 6) is 0. The molecule has 2 heteroatoms. The maximum absolute atomic E-state index is 6.42. The van der Waals surface area contributed by atoms with Crippen molar-refractivity contribution in [2.75, 3.05) is 0 Å². The van der Waals surface area contributed by atoms with Crippen molar-refractivity contribution in [1.29, 1.82) is 0 Å². The zero-order valence-corrected chi connectivity index (χ0v) is 13.6. The lowest BCUT2D eigenvalue weighted by atomic mass is 9.95. The topological polar surface area (TPSA) is 26.0 Å². The molecule has 3 rings (SSSR count). The third-order valence-electron chi connectivity index (χ3n) is 3.91. The van der Waals surface area contributed by atoms with Gasteiger partial charge in [-0.15, -0.1) is 0 Å². The number of hydrogen-bond donors (Lipinski definition) is 1. The standard InChI is InChI=1S/C19H18BrN/c1-13-6-9-17(20)12-18(13)19(21)11-14-7-8-15-4-2-3-5-16(15)10-14/h2-10,12,19H,11,21H2,1H3. The van der Waals surface area contributed by atoms with Crippen LogP contribution in [0.15, 0.2) is 65.1 Å². The summed E-state index contributed by atoms with van der Waals surface area (Å²) >= 11 is 3.53. The van der Waals surface area contributed by atoms with Crippen LogP contribution in [0.5, 0.6) is 0 Å². The van der Waals surface area contributed by atoms with Crippen LogP contribution in [-0.4, -0.2) is 0 Å². The molecule has 0 aliphatic rings. The van der Waals surface area contributed by atoms with Crippen LogP contribution >= 0.6 is 15.9 Å². The molecule has 0 fully saturated rings. The van der Waals surface area contributed by atoms with Gasteiger partial charge in [-0.3, -0.25) is 0 Å². The highest BCUT2D eigenvalue weighted by atomic mass is 79.9. The number of hydrogen-bond acceptors (Lipinski definition) is 1. The van der Waals surface area contributed by atoms with Crippen molar-refractivity contribution in [1.82, 2.24) is 0 Å². The molecule has 3 aromatic carbocycles. The molecule has 0 heterocycles. The summed E-state index contributed by atoms with van der Waals surface area (Å²) in [6.45, 7) is 2.11. The minimum Gasteiger partial charge on any atom is -0.324 e. The molecule has 1 atom stereocenters. The van der Waals surface area contributed by atoms with Gasteiger partial charge < -0.3 is 5.73 Å². The lowest BCUT2D eigenvalue weighted by Gasteiger charge is -2.16. The minimum absolute atomic E-state index is 0.0173. The van der Waals surface area contributed by atoms with Gasteiger partial charge >= 0.3 is 0 Å². The van der Waals surface area contributed by atoms with Crippen molar-refractivity contribution < 1.29 is 0 Å². The quantitative estimate of drug-likeness (QED) is 0.701. The minimum atomic E-state index is 0.0173. The van der Waals surface area contributed by atoms with Crippen LogP contribution in [0.25, 0.3) is 10.8 Å². The average Bonchev–Trinajstić information content (AvgIpc) is 2.49. The van der Waals surface area contributed by atoms with Crippen molar-refractivity contribution in [3.05, 3.63) is 81.8 Å². The van der Waals surface area contributed by atoms with Crippen LogP contribution in [0.2, 0.25) is 0 Å². The molecule has 106 valence electrons. The fourth-order valence-corrected chi connectivity index (χ4v) is 3.12. The van der Waals surface area contributed by atoms with Gasteiger partial charge in [0.25, 0.3) is 0 Å².